The lowest BCUT2D eigenvalue weighted by Crippen LogP contribution is -2.38. The van der Waals surface area contributed by atoms with Gasteiger partial charge < -0.3 is 19.3 Å². The van der Waals surface area contributed by atoms with Crippen LogP contribution in [0.1, 0.15) is 10.5 Å². The number of likely N-dealkylation sites (N-methyl/N-ethyl adjacent to an activating group) is 1. The van der Waals surface area contributed by atoms with E-state index in [0.29, 0.717) is 32.1 Å². The Morgan fingerprint density at radius 1 is 1.45 bits per heavy atom. The van der Waals surface area contributed by atoms with Gasteiger partial charge in [-0.15, -0.1) is 0 Å². The molecule has 120 valence electrons. The van der Waals surface area contributed by atoms with E-state index in [1.165, 1.54) is 12.4 Å². The molecular weight excluding hydrogens is 284 g/mol. The van der Waals surface area contributed by atoms with Crippen LogP contribution in [0, 0.1) is 5.92 Å². The number of carbonyl (C=O) groups excluding carboxylic acids is 1. The maximum atomic E-state index is 12.6. The van der Waals surface area contributed by atoms with Crippen LogP contribution >= 0.6 is 0 Å². The standard InChI is InChI=1S/C15H22N4O3/c1-18(2)5-6-22-14-8-19(13-10-21-9-11(13)14)15(20)12-7-16-3-4-17-12/h3-4,7,11,13-14H,5-6,8-10H2,1-2H3/t11-,13+,14-/m0/s1. The van der Waals surface area contributed by atoms with Crippen molar-refractivity contribution in [3.63, 3.8) is 0 Å². The summed E-state index contributed by atoms with van der Waals surface area (Å²) < 4.78 is 11.6. The molecule has 22 heavy (non-hydrogen) atoms. The maximum Gasteiger partial charge on any atom is 0.274 e. The van der Waals surface area contributed by atoms with Crippen LogP contribution in [0.25, 0.3) is 0 Å². The smallest absolute Gasteiger partial charge is 0.274 e. The summed E-state index contributed by atoms with van der Waals surface area (Å²) in [4.78, 5) is 24.6. The maximum absolute atomic E-state index is 12.6. The Bertz CT molecular complexity index is 511. The fourth-order valence-electron chi connectivity index (χ4n) is 3.05. The number of nitrogens with zero attached hydrogens (tertiary/aromatic N) is 4. The Kier molecular flexibility index (Phi) is 4.66. The monoisotopic (exact) mass is 306 g/mol. The van der Waals surface area contributed by atoms with Gasteiger partial charge in [-0.2, -0.15) is 0 Å². The van der Waals surface area contributed by atoms with Crippen LogP contribution in [0.15, 0.2) is 18.6 Å². The Balaban J connectivity index is 1.67. The first-order valence-electron chi connectivity index (χ1n) is 7.58. The summed E-state index contributed by atoms with van der Waals surface area (Å²) in [6.45, 7) is 3.36. The third kappa shape index (κ3) is 3.11. The van der Waals surface area contributed by atoms with Gasteiger partial charge in [0.05, 0.1) is 38.2 Å². The van der Waals surface area contributed by atoms with Crippen molar-refractivity contribution < 1.29 is 14.3 Å². The zero-order chi connectivity index (χ0) is 15.5. The molecule has 0 bridgehead atoms. The lowest BCUT2D eigenvalue weighted by Gasteiger charge is -2.21. The number of rotatable bonds is 5. The predicted octanol–water partition coefficient (Wildman–Crippen LogP) is -0.106. The summed E-state index contributed by atoms with van der Waals surface area (Å²) in [6.07, 6.45) is 4.65. The van der Waals surface area contributed by atoms with Gasteiger partial charge in [-0.3, -0.25) is 9.78 Å². The van der Waals surface area contributed by atoms with Crippen LogP contribution in [-0.4, -0.2) is 84.8 Å². The van der Waals surface area contributed by atoms with E-state index in [4.69, 9.17) is 9.47 Å². The van der Waals surface area contributed by atoms with E-state index in [0.717, 1.165) is 6.54 Å². The van der Waals surface area contributed by atoms with Crippen molar-refractivity contribution in [1.29, 1.82) is 0 Å². The third-order valence-corrected chi connectivity index (χ3v) is 4.26. The molecule has 0 unspecified atom stereocenters. The highest BCUT2D eigenvalue weighted by molar-refractivity contribution is 5.92. The summed E-state index contributed by atoms with van der Waals surface area (Å²) in [5, 5.41) is 0. The van der Waals surface area contributed by atoms with Gasteiger partial charge in [-0.1, -0.05) is 0 Å². The van der Waals surface area contributed by atoms with Crippen molar-refractivity contribution in [3.8, 4) is 0 Å². The van der Waals surface area contributed by atoms with E-state index in [1.54, 1.807) is 6.20 Å². The molecule has 7 heteroatoms. The molecule has 2 saturated heterocycles. The fraction of sp³-hybridized carbons (Fsp3) is 0.667. The zero-order valence-corrected chi connectivity index (χ0v) is 13.0. The molecule has 2 aliphatic rings. The Hall–Kier alpha value is -1.57. The molecule has 3 rings (SSSR count). The molecule has 0 spiro atoms. The second-order valence-corrected chi connectivity index (χ2v) is 6.03. The van der Waals surface area contributed by atoms with Crippen molar-refractivity contribution in [2.45, 2.75) is 12.1 Å². The zero-order valence-electron chi connectivity index (χ0n) is 13.0. The first-order valence-corrected chi connectivity index (χ1v) is 7.58. The molecule has 1 aromatic rings. The van der Waals surface area contributed by atoms with Crippen LogP contribution in [0.5, 0.6) is 0 Å². The van der Waals surface area contributed by atoms with Crippen molar-refractivity contribution >= 4 is 5.91 Å². The molecule has 1 amide bonds. The largest absolute Gasteiger partial charge is 0.379 e. The molecular formula is C15H22N4O3. The van der Waals surface area contributed by atoms with Gasteiger partial charge in [-0.25, -0.2) is 4.98 Å². The molecule has 0 radical (unpaired) electrons. The van der Waals surface area contributed by atoms with Gasteiger partial charge in [-0.05, 0) is 14.1 Å². The molecule has 0 aliphatic carbocycles. The van der Waals surface area contributed by atoms with Crippen molar-refractivity contribution in [2.75, 3.05) is 47.0 Å². The summed E-state index contributed by atoms with van der Waals surface area (Å²) in [5.74, 6) is 0.162. The number of carbonyl (C=O) groups is 1. The minimum Gasteiger partial charge on any atom is -0.379 e. The number of fused-ring (bicyclic) bond motifs is 1. The van der Waals surface area contributed by atoms with E-state index < -0.39 is 0 Å². The minimum absolute atomic E-state index is 0.0353. The highest BCUT2D eigenvalue weighted by atomic mass is 16.5. The summed E-state index contributed by atoms with van der Waals surface area (Å²) >= 11 is 0. The van der Waals surface area contributed by atoms with Crippen LogP contribution in [0.4, 0.5) is 0 Å². The van der Waals surface area contributed by atoms with Gasteiger partial charge >= 0.3 is 0 Å². The predicted molar refractivity (Wildman–Crippen MR) is 79.5 cm³/mol. The molecule has 2 fully saturated rings. The van der Waals surface area contributed by atoms with Gasteiger partial charge in [0.1, 0.15) is 5.69 Å². The summed E-state index contributed by atoms with van der Waals surface area (Å²) in [7, 11) is 4.03. The molecule has 0 N–H and O–H groups in total. The second kappa shape index (κ2) is 6.68. The van der Waals surface area contributed by atoms with Gasteiger partial charge in [0.25, 0.3) is 5.91 Å². The Labute approximate surface area is 130 Å². The number of hydrogen-bond donors (Lipinski definition) is 0. The highest BCUT2D eigenvalue weighted by Crippen LogP contribution is 2.32. The van der Waals surface area contributed by atoms with E-state index in [1.807, 2.05) is 19.0 Å². The molecule has 3 heterocycles. The second-order valence-electron chi connectivity index (χ2n) is 6.03. The number of amides is 1. The van der Waals surface area contributed by atoms with E-state index in [9.17, 15) is 4.79 Å². The molecule has 0 aromatic carbocycles. The number of likely N-dealkylation sites (tertiary alicyclic amines) is 1. The Morgan fingerprint density at radius 2 is 2.32 bits per heavy atom. The van der Waals surface area contributed by atoms with Crippen LogP contribution < -0.4 is 0 Å². The Morgan fingerprint density at radius 3 is 3.05 bits per heavy atom. The van der Waals surface area contributed by atoms with E-state index >= 15 is 0 Å². The molecule has 1 aromatic heterocycles. The highest BCUT2D eigenvalue weighted by Gasteiger charge is 2.48. The molecule has 0 saturated carbocycles. The third-order valence-electron chi connectivity index (χ3n) is 4.26. The van der Waals surface area contributed by atoms with Crippen molar-refractivity contribution in [3.05, 3.63) is 24.3 Å². The minimum atomic E-state index is -0.0905. The lowest BCUT2D eigenvalue weighted by atomic mass is 10.0. The average Bonchev–Trinajstić information content (AvgIpc) is 3.10. The number of hydrogen-bond acceptors (Lipinski definition) is 6. The first-order chi connectivity index (χ1) is 10.7. The fourth-order valence-corrected chi connectivity index (χ4v) is 3.05. The molecule has 3 atom stereocenters. The lowest BCUT2D eigenvalue weighted by molar-refractivity contribution is 0.0135. The number of aromatic nitrogens is 2. The normalized spacial score (nSPS) is 27.4. The topological polar surface area (TPSA) is 67.8 Å². The summed E-state index contributed by atoms with van der Waals surface area (Å²) in [6, 6.07) is 0.0823. The van der Waals surface area contributed by atoms with Gasteiger partial charge in [0, 0.05) is 31.4 Å². The average molecular weight is 306 g/mol. The summed E-state index contributed by atoms with van der Waals surface area (Å²) in [5.41, 5.74) is 0.377. The van der Waals surface area contributed by atoms with Crippen LogP contribution in [-0.2, 0) is 9.47 Å². The van der Waals surface area contributed by atoms with E-state index in [2.05, 4.69) is 14.9 Å². The van der Waals surface area contributed by atoms with Crippen molar-refractivity contribution in [2.24, 2.45) is 5.92 Å². The number of ether oxygens (including phenoxy) is 2. The van der Waals surface area contributed by atoms with Gasteiger partial charge in [0.2, 0.25) is 0 Å². The molecule has 7 nitrogen and oxygen atoms in total. The van der Waals surface area contributed by atoms with Crippen molar-refractivity contribution in [1.82, 2.24) is 19.8 Å². The van der Waals surface area contributed by atoms with E-state index in [-0.39, 0.29) is 24.0 Å². The van der Waals surface area contributed by atoms with Crippen LogP contribution in [0.3, 0.4) is 0 Å². The SMILES string of the molecule is CN(C)CCO[C@H]1CN(C(=O)c2cnccn2)[C@@H]2COC[C@H]12. The van der Waals surface area contributed by atoms with Gasteiger partial charge in [0.15, 0.2) is 0 Å². The quantitative estimate of drug-likeness (QED) is 0.756. The van der Waals surface area contributed by atoms with Crippen LogP contribution in [0.2, 0.25) is 0 Å². The first kappa shape index (κ1) is 15.3. The molecule has 2 aliphatic heterocycles.